The second kappa shape index (κ2) is 13.4. The average molecular weight is 541 g/mol. The van der Waals surface area contributed by atoms with Crippen molar-refractivity contribution in [2.45, 2.75) is 43.7 Å². The van der Waals surface area contributed by atoms with Gasteiger partial charge in [-0.1, -0.05) is 56.7 Å². The van der Waals surface area contributed by atoms with E-state index in [0.29, 0.717) is 5.75 Å². The van der Waals surface area contributed by atoms with Crippen LogP contribution in [0.15, 0.2) is 83.8 Å². The van der Waals surface area contributed by atoms with Crippen molar-refractivity contribution in [3.8, 4) is 11.5 Å². The van der Waals surface area contributed by atoms with Crippen molar-refractivity contribution in [3.05, 3.63) is 90.0 Å². The first-order valence-corrected chi connectivity index (χ1v) is 14.0. The Kier molecular flexibility index (Phi) is 10.3. The third kappa shape index (κ3) is 7.80. The molecule has 0 radical (unpaired) electrons. The Labute approximate surface area is 224 Å². The third-order valence-corrected chi connectivity index (χ3v) is 8.33. The van der Waals surface area contributed by atoms with Gasteiger partial charge in [0.05, 0.1) is 24.2 Å². The lowest BCUT2D eigenvalue weighted by Gasteiger charge is -2.31. The van der Waals surface area contributed by atoms with Gasteiger partial charge in [-0.2, -0.15) is 4.31 Å². The standard InChI is InChI=1S/C29H36N2O6S/c1-4-21(2)19-31(38(35,36)26-15-13-25(37-3)14-16-26)20-28(33)27(17-22-9-6-5-7-10-22)30-29(34)23-11-8-12-24(32)18-23/h5-16,18,21,27-28,32-33H,4,17,19-20H2,1-3H3,(H,30,34)/t21-,27-,28+/m0/s1. The zero-order valence-corrected chi connectivity index (χ0v) is 22.8. The minimum Gasteiger partial charge on any atom is -0.508 e. The Morgan fingerprint density at radius 1 is 1.00 bits per heavy atom. The number of phenols is 1. The van der Waals surface area contributed by atoms with Crippen LogP contribution in [0.4, 0.5) is 0 Å². The lowest BCUT2D eigenvalue weighted by Crippen LogP contribution is -2.51. The molecule has 0 aliphatic rings. The highest BCUT2D eigenvalue weighted by molar-refractivity contribution is 7.89. The topological polar surface area (TPSA) is 116 Å². The molecule has 3 aromatic rings. The van der Waals surface area contributed by atoms with Crippen LogP contribution in [0.1, 0.15) is 36.2 Å². The van der Waals surface area contributed by atoms with Crippen molar-refractivity contribution < 1.29 is 28.2 Å². The Morgan fingerprint density at radius 2 is 1.68 bits per heavy atom. The van der Waals surface area contributed by atoms with Gasteiger partial charge in [-0.25, -0.2) is 8.42 Å². The molecule has 8 nitrogen and oxygen atoms in total. The zero-order chi connectivity index (χ0) is 27.7. The molecule has 0 bridgehead atoms. The molecule has 0 saturated carbocycles. The van der Waals surface area contributed by atoms with Gasteiger partial charge < -0.3 is 20.3 Å². The summed E-state index contributed by atoms with van der Waals surface area (Å²) in [5, 5.41) is 24.0. The van der Waals surface area contributed by atoms with Crippen molar-refractivity contribution in [1.29, 1.82) is 0 Å². The fourth-order valence-electron chi connectivity index (χ4n) is 4.03. The number of aromatic hydroxyl groups is 1. The summed E-state index contributed by atoms with van der Waals surface area (Å²) in [5.41, 5.74) is 1.11. The van der Waals surface area contributed by atoms with E-state index in [-0.39, 0.29) is 41.6 Å². The SMILES string of the molecule is CC[C@H](C)CN(C[C@@H](O)[C@H](Cc1ccccc1)NC(=O)c1cccc(O)c1)S(=O)(=O)c1ccc(OC)cc1. The highest BCUT2D eigenvalue weighted by atomic mass is 32.2. The summed E-state index contributed by atoms with van der Waals surface area (Å²) >= 11 is 0. The summed E-state index contributed by atoms with van der Waals surface area (Å²) in [6.45, 7) is 3.93. The van der Waals surface area contributed by atoms with Crippen LogP contribution in [0, 0.1) is 5.92 Å². The molecule has 0 aliphatic carbocycles. The van der Waals surface area contributed by atoms with Crippen LogP contribution in [-0.2, 0) is 16.4 Å². The first kappa shape index (κ1) is 29.2. The molecule has 0 spiro atoms. The molecule has 3 aromatic carbocycles. The highest BCUT2D eigenvalue weighted by Gasteiger charge is 2.32. The summed E-state index contributed by atoms with van der Waals surface area (Å²) in [6.07, 6.45) is -0.174. The molecule has 3 N–H and O–H groups in total. The molecule has 9 heteroatoms. The molecule has 0 unspecified atom stereocenters. The number of methoxy groups -OCH3 is 1. The van der Waals surface area contributed by atoms with E-state index in [1.165, 1.54) is 35.7 Å². The molecule has 0 saturated heterocycles. The molecule has 3 rings (SSSR count). The minimum atomic E-state index is -3.95. The number of phenolic OH excluding ortho intramolecular Hbond substituents is 1. The number of nitrogens with zero attached hydrogens (tertiary/aromatic N) is 1. The van der Waals surface area contributed by atoms with Gasteiger partial charge in [-0.3, -0.25) is 4.79 Å². The molecule has 1 amide bonds. The monoisotopic (exact) mass is 540 g/mol. The minimum absolute atomic E-state index is 0.0460. The molecular formula is C29H36N2O6S. The van der Waals surface area contributed by atoms with Gasteiger partial charge in [-0.05, 0) is 60.4 Å². The average Bonchev–Trinajstić information content (AvgIpc) is 2.92. The molecule has 0 fully saturated rings. The summed E-state index contributed by atoms with van der Waals surface area (Å²) in [5.74, 6) is 0.0511. The van der Waals surface area contributed by atoms with Crippen LogP contribution in [0.3, 0.4) is 0 Å². The maximum absolute atomic E-state index is 13.6. The fourth-order valence-corrected chi connectivity index (χ4v) is 5.61. The quantitative estimate of drug-likeness (QED) is 0.303. The Balaban J connectivity index is 1.90. The van der Waals surface area contributed by atoms with Crippen LogP contribution in [0.25, 0.3) is 0 Å². The zero-order valence-electron chi connectivity index (χ0n) is 21.9. The molecule has 0 aromatic heterocycles. The largest absolute Gasteiger partial charge is 0.508 e. The smallest absolute Gasteiger partial charge is 0.251 e. The van der Waals surface area contributed by atoms with E-state index in [9.17, 15) is 23.4 Å². The lowest BCUT2D eigenvalue weighted by molar-refractivity contribution is 0.0773. The number of hydrogen-bond acceptors (Lipinski definition) is 6. The number of carbonyl (C=O) groups is 1. The number of benzene rings is 3. The maximum Gasteiger partial charge on any atom is 0.251 e. The Morgan fingerprint density at radius 3 is 2.29 bits per heavy atom. The van der Waals surface area contributed by atoms with Crippen molar-refractivity contribution in [2.24, 2.45) is 5.92 Å². The van der Waals surface area contributed by atoms with Crippen molar-refractivity contribution in [1.82, 2.24) is 9.62 Å². The van der Waals surface area contributed by atoms with Crippen molar-refractivity contribution in [3.63, 3.8) is 0 Å². The van der Waals surface area contributed by atoms with Gasteiger partial charge in [0.25, 0.3) is 5.91 Å². The van der Waals surface area contributed by atoms with Crippen molar-refractivity contribution in [2.75, 3.05) is 20.2 Å². The van der Waals surface area contributed by atoms with Gasteiger partial charge in [0.2, 0.25) is 10.0 Å². The summed E-state index contributed by atoms with van der Waals surface area (Å²) in [7, 11) is -2.44. The number of rotatable bonds is 13. The van der Waals surface area contributed by atoms with E-state index >= 15 is 0 Å². The van der Waals surface area contributed by atoms with Gasteiger partial charge >= 0.3 is 0 Å². The van der Waals surface area contributed by atoms with Gasteiger partial charge in [0.1, 0.15) is 11.5 Å². The summed E-state index contributed by atoms with van der Waals surface area (Å²) in [6, 6.07) is 20.6. The summed E-state index contributed by atoms with van der Waals surface area (Å²) < 4.78 is 33.7. The first-order chi connectivity index (χ1) is 18.1. The molecule has 0 heterocycles. The van der Waals surface area contributed by atoms with E-state index in [0.717, 1.165) is 12.0 Å². The highest BCUT2D eigenvalue weighted by Crippen LogP contribution is 2.22. The van der Waals surface area contributed by atoms with E-state index < -0.39 is 28.1 Å². The molecule has 0 aliphatic heterocycles. The molecule has 204 valence electrons. The number of aliphatic hydroxyl groups is 1. The predicted molar refractivity (Wildman–Crippen MR) is 147 cm³/mol. The lowest BCUT2D eigenvalue weighted by atomic mass is 10.00. The number of nitrogens with one attached hydrogen (secondary N) is 1. The third-order valence-electron chi connectivity index (χ3n) is 6.49. The normalized spacial score (nSPS) is 14.0. The number of amides is 1. The maximum atomic E-state index is 13.6. The Bertz CT molecular complexity index is 1280. The van der Waals surface area contributed by atoms with E-state index in [4.69, 9.17) is 4.74 Å². The fraction of sp³-hybridized carbons (Fsp3) is 0.345. The van der Waals surface area contributed by atoms with Crippen LogP contribution >= 0.6 is 0 Å². The van der Waals surface area contributed by atoms with Gasteiger partial charge in [0, 0.05) is 18.7 Å². The molecule has 3 atom stereocenters. The first-order valence-electron chi connectivity index (χ1n) is 12.6. The van der Waals surface area contributed by atoms with Crippen LogP contribution < -0.4 is 10.1 Å². The molecular weight excluding hydrogens is 504 g/mol. The van der Waals surface area contributed by atoms with E-state index in [2.05, 4.69) is 5.32 Å². The number of carbonyl (C=O) groups excluding carboxylic acids is 1. The van der Waals surface area contributed by atoms with Crippen LogP contribution in [-0.4, -0.2) is 61.2 Å². The molecule has 38 heavy (non-hydrogen) atoms. The van der Waals surface area contributed by atoms with Crippen LogP contribution in [0.5, 0.6) is 11.5 Å². The van der Waals surface area contributed by atoms with Crippen molar-refractivity contribution >= 4 is 15.9 Å². The second-order valence-electron chi connectivity index (χ2n) is 9.40. The van der Waals surface area contributed by atoms with Crippen LogP contribution in [0.2, 0.25) is 0 Å². The number of ether oxygens (including phenoxy) is 1. The van der Waals surface area contributed by atoms with E-state index in [1.54, 1.807) is 24.3 Å². The number of sulfonamides is 1. The van der Waals surface area contributed by atoms with E-state index in [1.807, 2.05) is 44.2 Å². The second-order valence-corrected chi connectivity index (χ2v) is 11.3. The number of aliphatic hydroxyl groups excluding tert-OH is 1. The Hall–Kier alpha value is -3.40. The predicted octanol–water partition coefficient (Wildman–Crippen LogP) is 3.84. The van der Waals surface area contributed by atoms with Gasteiger partial charge in [0.15, 0.2) is 0 Å². The number of hydrogen-bond donors (Lipinski definition) is 3. The summed E-state index contributed by atoms with van der Waals surface area (Å²) in [4.78, 5) is 13.1. The van der Waals surface area contributed by atoms with Gasteiger partial charge in [-0.15, -0.1) is 0 Å².